The summed E-state index contributed by atoms with van der Waals surface area (Å²) in [4.78, 5) is 4.33. The first-order chi connectivity index (χ1) is 9.69. The molecule has 0 aliphatic carbocycles. The molecule has 0 unspecified atom stereocenters. The summed E-state index contributed by atoms with van der Waals surface area (Å²) < 4.78 is 1.97. The summed E-state index contributed by atoms with van der Waals surface area (Å²) in [7, 11) is 0. The molecule has 4 heteroatoms. The van der Waals surface area contributed by atoms with Crippen molar-refractivity contribution in [3.05, 3.63) is 47.5 Å². The molecule has 2 aromatic rings. The Morgan fingerprint density at radius 3 is 2.50 bits per heavy atom. The SMILES string of the molecule is CCc1ccc(Cn2ncnc2CNCC(C)C)cc1. The van der Waals surface area contributed by atoms with Crippen LogP contribution in [-0.4, -0.2) is 21.3 Å². The second-order valence-electron chi connectivity index (χ2n) is 5.53. The third-order valence-corrected chi connectivity index (χ3v) is 3.29. The number of aromatic nitrogens is 3. The molecule has 4 nitrogen and oxygen atoms in total. The van der Waals surface area contributed by atoms with Gasteiger partial charge in [0, 0.05) is 0 Å². The lowest BCUT2D eigenvalue weighted by atomic mass is 10.1. The van der Waals surface area contributed by atoms with E-state index in [9.17, 15) is 0 Å². The fourth-order valence-electron chi connectivity index (χ4n) is 2.08. The van der Waals surface area contributed by atoms with E-state index >= 15 is 0 Å². The molecule has 0 spiro atoms. The number of rotatable bonds is 7. The average Bonchev–Trinajstić information content (AvgIpc) is 2.87. The third-order valence-electron chi connectivity index (χ3n) is 3.29. The van der Waals surface area contributed by atoms with Gasteiger partial charge in [-0.05, 0) is 30.0 Å². The molecule has 1 aromatic heterocycles. The van der Waals surface area contributed by atoms with Crippen LogP contribution in [0, 0.1) is 5.92 Å². The van der Waals surface area contributed by atoms with Crippen molar-refractivity contribution in [2.75, 3.05) is 6.54 Å². The van der Waals surface area contributed by atoms with Gasteiger partial charge in [0.05, 0.1) is 13.1 Å². The van der Waals surface area contributed by atoms with Crippen LogP contribution in [0.3, 0.4) is 0 Å². The molecule has 20 heavy (non-hydrogen) atoms. The van der Waals surface area contributed by atoms with Gasteiger partial charge in [-0.2, -0.15) is 5.10 Å². The summed E-state index contributed by atoms with van der Waals surface area (Å²) in [6.45, 7) is 9.12. The van der Waals surface area contributed by atoms with Gasteiger partial charge in [-0.1, -0.05) is 45.0 Å². The molecule has 2 rings (SSSR count). The maximum atomic E-state index is 4.33. The Morgan fingerprint density at radius 1 is 1.15 bits per heavy atom. The van der Waals surface area contributed by atoms with Gasteiger partial charge in [0.25, 0.3) is 0 Å². The highest BCUT2D eigenvalue weighted by Gasteiger charge is 2.05. The Labute approximate surface area is 121 Å². The quantitative estimate of drug-likeness (QED) is 0.842. The van der Waals surface area contributed by atoms with E-state index in [1.165, 1.54) is 11.1 Å². The number of nitrogens with one attached hydrogen (secondary N) is 1. The van der Waals surface area contributed by atoms with Gasteiger partial charge in [0.15, 0.2) is 0 Å². The smallest absolute Gasteiger partial charge is 0.141 e. The molecule has 0 bridgehead atoms. The zero-order chi connectivity index (χ0) is 14.4. The molecular weight excluding hydrogens is 248 g/mol. The molecule has 108 valence electrons. The van der Waals surface area contributed by atoms with Crippen molar-refractivity contribution >= 4 is 0 Å². The van der Waals surface area contributed by atoms with Crippen LogP contribution in [0.5, 0.6) is 0 Å². The van der Waals surface area contributed by atoms with E-state index in [0.717, 1.165) is 31.9 Å². The molecule has 0 amide bonds. The Bertz CT molecular complexity index is 514. The second-order valence-corrected chi connectivity index (χ2v) is 5.53. The number of hydrogen-bond donors (Lipinski definition) is 1. The van der Waals surface area contributed by atoms with Crippen LogP contribution in [-0.2, 0) is 19.5 Å². The first-order valence-corrected chi connectivity index (χ1v) is 7.34. The van der Waals surface area contributed by atoms with E-state index in [4.69, 9.17) is 0 Å². The predicted molar refractivity (Wildman–Crippen MR) is 81.5 cm³/mol. The molecule has 1 N–H and O–H groups in total. The van der Waals surface area contributed by atoms with Gasteiger partial charge in [0.2, 0.25) is 0 Å². The van der Waals surface area contributed by atoms with Crippen molar-refractivity contribution in [2.24, 2.45) is 5.92 Å². The molecule has 0 aliphatic heterocycles. The number of hydrogen-bond acceptors (Lipinski definition) is 3. The summed E-state index contributed by atoms with van der Waals surface area (Å²) in [6, 6.07) is 8.71. The molecule has 0 fully saturated rings. The van der Waals surface area contributed by atoms with Crippen LogP contribution in [0.1, 0.15) is 37.7 Å². The van der Waals surface area contributed by atoms with Gasteiger partial charge in [-0.25, -0.2) is 9.67 Å². The summed E-state index contributed by atoms with van der Waals surface area (Å²) >= 11 is 0. The fraction of sp³-hybridized carbons (Fsp3) is 0.500. The van der Waals surface area contributed by atoms with Gasteiger partial charge in [-0.3, -0.25) is 0 Å². The third kappa shape index (κ3) is 4.17. The molecule has 0 saturated heterocycles. The van der Waals surface area contributed by atoms with Crippen LogP contribution in [0.25, 0.3) is 0 Å². The summed E-state index contributed by atoms with van der Waals surface area (Å²) in [5.74, 6) is 1.64. The fourth-order valence-corrected chi connectivity index (χ4v) is 2.08. The molecule has 1 heterocycles. The molecule has 1 aromatic carbocycles. The van der Waals surface area contributed by atoms with Crippen LogP contribution in [0.15, 0.2) is 30.6 Å². The van der Waals surface area contributed by atoms with E-state index in [2.05, 4.69) is 60.4 Å². The minimum absolute atomic E-state index is 0.646. The monoisotopic (exact) mass is 272 g/mol. The van der Waals surface area contributed by atoms with E-state index in [1.807, 2.05) is 4.68 Å². The van der Waals surface area contributed by atoms with Crippen molar-refractivity contribution in [1.29, 1.82) is 0 Å². The van der Waals surface area contributed by atoms with E-state index in [0.29, 0.717) is 5.92 Å². The Hall–Kier alpha value is -1.68. The van der Waals surface area contributed by atoms with Gasteiger partial charge < -0.3 is 5.32 Å². The van der Waals surface area contributed by atoms with Crippen molar-refractivity contribution in [1.82, 2.24) is 20.1 Å². The van der Waals surface area contributed by atoms with Gasteiger partial charge in [-0.15, -0.1) is 0 Å². The van der Waals surface area contributed by atoms with Crippen molar-refractivity contribution in [3.8, 4) is 0 Å². The highest BCUT2D eigenvalue weighted by molar-refractivity contribution is 5.22. The highest BCUT2D eigenvalue weighted by atomic mass is 15.3. The zero-order valence-electron chi connectivity index (χ0n) is 12.6. The summed E-state index contributed by atoms with van der Waals surface area (Å²) in [6.07, 6.45) is 2.71. The maximum Gasteiger partial charge on any atom is 0.141 e. The molecular formula is C16H24N4. The van der Waals surface area contributed by atoms with Crippen LogP contribution in [0.4, 0.5) is 0 Å². The molecule has 0 atom stereocenters. The molecule has 0 radical (unpaired) electrons. The van der Waals surface area contributed by atoms with E-state index in [-0.39, 0.29) is 0 Å². The van der Waals surface area contributed by atoms with Crippen molar-refractivity contribution in [2.45, 2.75) is 40.3 Å². The minimum atomic E-state index is 0.646. The molecule has 0 aliphatic rings. The topological polar surface area (TPSA) is 42.7 Å². The van der Waals surface area contributed by atoms with Crippen molar-refractivity contribution in [3.63, 3.8) is 0 Å². The first kappa shape index (κ1) is 14.7. The Kier molecular flexibility index (Phi) is 5.30. The highest BCUT2D eigenvalue weighted by Crippen LogP contribution is 2.07. The average molecular weight is 272 g/mol. The number of benzene rings is 1. The van der Waals surface area contributed by atoms with Crippen molar-refractivity contribution < 1.29 is 0 Å². The standard InChI is InChI=1S/C16H24N4/c1-4-14-5-7-15(8-6-14)11-20-16(18-12-19-20)10-17-9-13(2)3/h5-8,12-13,17H,4,9-11H2,1-3H3. The van der Waals surface area contributed by atoms with E-state index < -0.39 is 0 Å². The lowest BCUT2D eigenvalue weighted by Gasteiger charge is -2.09. The first-order valence-electron chi connectivity index (χ1n) is 7.34. The van der Waals surface area contributed by atoms with E-state index in [1.54, 1.807) is 6.33 Å². The Morgan fingerprint density at radius 2 is 1.85 bits per heavy atom. The maximum absolute atomic E-state index is 4.33. The zero-order valence-corrected chi connectivity index (χ0v) is 12.6. The van der Waals surface area contributed by atoms with Gasteiger partial charge >= 0.3 is 0 Å². The number of aryl methyl sites for hydroxylation is 1. The molecule has 0 saturated carbocycles. The second kappa shape index (κ2) is 7.20. The predicted octanol–water partition coefficient (Wildman–Crippen LogP) is 2.63. The van der Waals surface area contributed by atoms with Crippen LogP contribution < -0.4 is 5.32 Å². The normalized spacial score (nSPS) is 11.2. The largest absolute Gasteiger partial charge is 0.310 e. The lowest BCUT2D eigenvalue weighted by Crippen LogP contribution is -2.22. The summed E-state index contributed by atoms with van der Waals surface area (Å²) in [5, 5.41) is 7.73. The van der Waals surface area contributed by atoms with Crippen LogP contribution in [0.2, 0.25) is 0 Å². The minimum Gasteiger partial charge on any atom is -0.310 e. The number of nitrogens with zero attached hydrogens (tertiary/aromatic N) is 3. The lowest BCUT2D eigenvalue weighted by molar-refractivity contribution is 0.523. The Balaban J connectivity index is 1.96. The van der Waals surface area contributed by atoms with Gasteiger partial charge in [0.1, 0.15) is 12.2 Å². The summed E-state index contributed by atoms with van der Waals surface area (Å²) in [5.41, 5.74) is 2.63. The van der Waals surface area contributed by atoms with Crippen LogP contribution >= 0.6 is 0 Å².